The smallest absolute Gasteiger partial charge is 0.258 e. The zero-order valence-corrected chi connectivity index (χ0v) is 17.6. The molecule has 3 rings (SSSR count). The number of carbonyl (C=O) groups is 1. The molecule has 1 atom stereocenters. The normalized spacial score (nSPS) is 12.4. The van der Waals surface area contributed by atoms with Gasteiger partial charge in [-0.1, -0.05) is 72.2 Å². The number of aromatic nitrogens is 2. The molecule has 0 saturated carbocycles. The SMILES string of the molecule is CC(C)(C)[C@H](NC(=O)COc1ccc(Br)cc1)c1nc(-c2ccccc2)no1. The lowest BCUT2D eigenvalue weighted by molar-refractivity contribution is -0.124. The minimum absolute atomic E-state index is 0.103. The van der Waals surface area contributed by atoms with Crippen molar-refractivity contribution in [3.05, 3.63) is 65.0 Å². The second-order valence-corrected chi connectivity index (χ2v) is 8.35. The zero-order valence-electron chi connectivity index (χ0n) is 16.0. The summed E-state index contributed by atoms with van der Waals surface area (Å²) in [4.78, 5) is 16.9. The van der Waals surface area contributed by atoms with Gasteiger partial charge in [-0.25, -0.2) is 0 Å². The van der Waals surface area contributed by atoms with Crippen LogP contribution >= 0.6 is 15.9 Å². The van der Waals surface area contributed by atoms with Crippen molar-refractivity contribution in [2.24, 2.45) is 5.41 Å². The van der Waals surface area contributed by atoms with Gasteiger partial charge in [-0.15, -0.1) is 0 Å². The molecule has 0 aliphatic carbocycles. The Morgan fingerprint density at radius 3 is 2.46 bits per heavy atom. The molecule has 1 heterocycles. The number of nitrogens with one attached hydrogen (secondary N) is 1. The molecular formula is C21H22BrN3O3. The van der Waals surface area contributed by atoms with Crippen LogP contribution in [0.2, 0.25) is 0 Å². The third-order valence-electron chi connectivity index (χ3n) is 4.08. The van der Waals surface area contributed by atoms with Crippen LogP contribution < -0.4 is 10.1 Å². The summed E-state index contributed by atoms with van der Waals surface area (Å²) in [6, 6.07) is 16.4. The largest absolute Gasteiger partial charge is 0.484 e. The molecule has 0 fully saturated rings. The summed E-state index contributed by atoms with van der Waals surface area (Å²) in [5, 5.41) is 7.01. The maximum Gasteiger partial charge on any atom is 0.258 e. The van der Waals surface area contributed by atoms with Crippen LogP contribution in [0.1, 0.15) is 32.7 Å². The van der Waals surface area contributed by atoms with Gasteiger partial charge in [-0.05, 0) is 29.7 Å². The van der Waals surface area contributed by atoms with Gasteiger partial charge >= 0.3 is 0 Å². The summed E-state index contributed by atoms with van der Waals surface area (Å²) in [7, 11) is 0. The lowest BCUT2D eigenvalue weighted by Gasteiger charge is -2.28. The molecule has 0 saturated heterocycles. The van der Waals surface area contributed by atoms with Gasteiger partial charge in [0.15, 0.2) is 6.61 Å². The van der Waals surface area contributed by atoms with E-state index in [9.17, 15) is 4.79 Å². The second-order valence-electron chi connectivity index (χ2n) is 7.43. The molecule has 0 bridgehead atoms. The van der Waals surface area contributed by atoms with Gasteiger partial charge in [-0.2, -0.15) is 4.98 Å². The van der Waals surface area contributed by atoms with Crippen molar-refractivity contribution >= 4 is 21.8 Å². The Morgan fingerprint density at radius 1 is 1.14 bits per heavy atom. The lowest BCUT2D eigenvalue weighted by Crippen LogP contribution is -2.39. The van der Waals surface area contributed by atoms with E-state index in [0.717, 1.165) is 10.0 Å². The fraction of sp³-hybridized carbons (Fsp3) is 0.286. The van der Waals surface area contributed by atoms with Crippen LogP contribution in [-0.4, -0.2) is 22.7 Å². The summed E-state index contributed by atoms with van der Waals surface area (Å²) in [6.45, 7) is 5.90. The Morgan fingerprint density at radius 2 is 1.82 bits per heavy atom. The van der Waals surface area contributed by atoms with Crippen molar-refractivity contribution in [2.75, 3.05) is 6.61 Å². The minimum Gasteiger partial charge on any atom is -0.484 e. The molecule has 0 aliphatic rings. The van der Waals surface area contributed by atoms with E-state index in [0.29, 0.717) is 17.5 Å². The first kappa shape index (κ1) is 20.1. The quantitative estimate of drug-likeness (QED) is 0.592. The number of amides is 1. The standard InChI is InChI=1S/C21H22BrN3O3/c1-21(2,3)18(20-24-19(25-28-20)14-7-5-4-6-8-14)23-17(26)13-27-16-11-9-15(22)10-12-16/h4-12,18H,13H2,1-3H3,(H,23,26)/t18-/m1/s1. The molecule has 0 radical (unpaired) electrons. The van der Waals surface area contributed by atoms with Crippen LogP contribution in [0.3, 0.4) is 0 Å². The number of hydrogen-bond donors (Lipinski definition) is 1. The molecule has 7 heteroatoms. The Bertz CT molecular complexity index is 918. The fourth-order valence-corrected chi connectivity index (χ4v) is 2.85. The highest BCUT2D eigenvalue weighted by Gasteiger charge is 2.33. The predicted octanol–water partition coefficient (Wildman–Crippen LogP) is 4.78. The molecule has 3 aromatic rings. The molecule has 2 aromatic carbocycles. The van der Waals surface area contributed by atoms with E-state index in [4.69, 9.17) is 9.26 Å². The van der Waals surface area contributed by atoms with Crippen molar-refractivity contribution in [1.82, 2.24) is 15.5 Å². The Labute approximate surface area is 172 Å². The zero-order chi connectivity index (χ0) is 20.1. The predicted molar refractivity (Wildman–Crippen MR) is 110 cm³/mol. The van der Waals surface area contributed by atoms with E-state index in [-0.39, 0.29) is 17.9 Å². The van der Waals surface area contributed by atoms with E-state index >= 15 is 0 Å². The Kier molecular flexibility index (Phi) is 6.14. The minimum atomic E-state index is -0.446. The molecule has 1 aromatic heterocycles. The Hall–Kier alpha value is -2.67. The van der Waals surface area contributed by atoms with Crippen LogP contribution in [0.4, 0.5) is 0 Å². The maximum absolute atomic E-state index is 12.5. The monoisotopic (exact) mass is 443 g/mol. The van der Waals surface area contributed by atoms with Gasteiger partial charge in [0.2, 0.25) is 11.7 Å². The number of carbonyl (C=O) groups excluding carboxylic acids is 1. The number of rotatable bonds is 6. The van der Waals surface area contributed by atoms with Crippen molar-refractivity contribution in [2.45, 2.75) is 26.8 Å². The van der Waals surface area contributed by atoms with Gasteiger partial charge in [0.25, 0.3) is 5.91 Å². The Balaban J connectivity index is 1.70. The maximum atomic E-state index is 12.5. The molecule has 1 N–H and O–H groups in total. The number of nitrogens with zero attached hydrogens (tertiary/aromatic N) is 2. The van der Waals surface area contributed by atoms with E-state index in [2.05, 4.69) is 31.4 Å². The number of hydrogen-bond acceptors (Lipinski definition) is 5. The van der Waals surface area contributed by atoms with E-state index < -0.39 is 6.04 Å². The summed E-state index contributed by atoms with van der Waals surface area (Å²) in [5.41, 5.74) is 0.531. The first-order valence-corrected chi connectivity index (χ1v) is 9.69. The van der Waals surface area contributed by atoms with Gasteiger partial charge in [-0.3, -0.25) is 4.79 Å². The fourth-order valence-electron chi connectivity index (χ4n) is 2.59. The average Bonchev–Trinajstić information content (AvgIpc) is 3.15. The van der Waals surface area contributed by atoms with Crippen LogP contribution in [0.15, 0.2) is 63.6 Å². The highest BCUT2D eigenvalue weighted by atomic mass is 79.9. The lowest BCUT2D eigenvalue weighted by atomic mass is 9.86. The summed E-state index contributed by atoms with van der Waals surface area (Å²) in [5.74, 6) is 1.21. The molecule has 0 spiro atoms. The molecule has 6 nitrogen and oxygen atoms in total. The summed E-state index contributed by atoms with van der Waals surface area (Å²) < 4.78 is 12.0. The van der Waals surface area contributed by atoms with E-state index in [1.807, 2.05) is 63.2 Å². The number of ether oxygens (including phenoxy) is 1. The third-order valence-corrected chi connectivity index (χ3v) is 4.60. The van der Waals surface area contributed by atoms with Crippen LogP contribution in [0.25, 0.3) is 11.4 Å². The van der Waals surface area contributed by atoms with Crippen LogP contribution in [-0.2, 0) is 4.79 Å². The molecule has 28 heavy (non-hydrogen) atoms. The summed E-state index contributed by atoms with van der Waals surface area (Å²) in [6.07, 6.45) is 0. The molecule has 146 valence electrons. The van der Waals surface area contributed by atoms with Crippen LogP contribution in [0.5, 0.6) is 5.75 Å². The highest BCUT2D eigenvalue weighted by Crippen LogP contribution is 2.32. The second kappa shape index (κ2) is 8.56. The topological polar surface area (TPSA) is 77.2 Å². The number of halogens is 1. The average molecular weight is 444 g/mol. The van der Waals surface area contributed by atoms with Crippen LogP contribution in [0, 0.1) is 5.41 Å². The highest BCUT2D eigenvalue weighted by molar-refractivity contribution is 9.10. The van der Waals surface area contributed by atoms with E-state index in [1.54, 1.807) is 12.1 Å². The first-order valence-electron chi connectivity index (χ1n) is 8.90. The van der Waals surface area contributed by atoms with Crippen molar-refractivity contribution in [3.8, 4) is 17.1 Å². The molecule has 0 unspecified atom stereocenters. The molecule has 1 amide bonds. The van der Waals surface area contributed by atoms with Gasteiger partial charge in [0.05, 0.1) is 0 Å². The van der Waals surface area contributed by atoms with Gasteiger partial charge in [0, 0.05) is 10.0 Å². The summed E-state index contributed by atoms with van der Waals surface area (Å²) >= 11 is 3.37. The molecular weight excluding hydrogens is 422 g/mol. The van der Waals surface area contributed by atoms with Crippen molar-refractivity contribution in [1.29, 1.82) is 0 Å². The number of benzene rings is 2. The molecule has 0 aliphatic heterocycles. The van der Waals surface area contributed by atoms with Gasteiger partial charge < -0.3 is 14.6 Å². The van der Waals surface area contributed by atoms with Crippen molar-refractivity contribution in [3.63, 3.8) is 0 Å². The van der Waals surface area contributed by atoms with Gasteiger partial charge in [0.1, 0.15) is 11.8 Å². The van der Waals surface area contributed by atoms with Crippen molar-refractivity contribution < 1.29 is 14.1 Å². The third kappa shape index (κ3) is 5.19. The van der Waals surface area contributed by atoms with E-state index in [1.165, 1.54) is 0 Å². The first-order chi connectivity index (χ1) is 13.3.